The SMILES string of the molecule is NNC(=O)c1ccc(Nc2nc(Nc3ccc(C4CNCCO4)cc3)ncc2F)cc1. The molecule has 1 unspecified atom stereocenters. The van der Waals surface area contributed by atoms with E-state index in [0.717, 1.165) is 30.5 Å². The number of rotatable bonds is 6. The quantitative estimate of drug-likeness (QED) is 0.232. The normalized spacial score (nSPS) is 15.9. The third-order valence-corrected chi connectivity index (χ3v) is 4.75. The second-order valence-corrected chi connectivity index (χ2v) is 6.88. The van der Waals surface area contributed by atoms with Gasteiger partial charge in [0.2, 0.25) is 5.95 Å². The van der Waals surface area contributed by atoms with Crippen LogP contribution in [0.1, 0.15) is 22.0 Å². The molecule has 1 aromatic heterocycles. The lowest BCUT2D eigenvalue weighted by Gasteiger charge is -2.24. The van der Waals surface area contributed by atoms with E-state index in [-0.39, 0.29) is 17.9 Å². The molecular formula is C21H22FN7O2. The van der Waals surface area contributed by atoms with Crippen molar-refractivity contribution in [1.29, 1.82) is 0 Å². The van der Waals surface area contributed by atoms with Crippen molar-refractivity contribution in [1.82, 2.24) is 20.7 Å². The van der Waals surface area contributed by atoms with Crippen molar-refractivity contribution in [2.45, 2.75) is 6.10 Å². The van der Waals surface area contributed by atoms with Crippen molar-refractivity contribution >= 4 is 29.0 Å². The average Bonchev–Trinajstić information content (AvgIpc) is 2.82. The Morgan fingerprint density at radius 1 is 1.10 bits per heavy atom. The molecule has 2 heterocycles. The number of nitrogen functional groups attached to an aromatic ring is 1. The van der Waals surface area contributed by atoms with Crippen LogP contribution in [0.25, 0.3) is 0 Å². The van der Waals surface area contributed by atoms with Gasteiger partial charge in [0.1, 0.15) is 0 Å². The van der Waals surface area contributed by atoms with E-state index < -0.39 is 11.7 Å². The van der Waals surface area contributed by atoms with Crippen molar-refractivity contribution in [2.24, 2.45) is 5.84 Å². The molecule has 3 aromatic rings. The molecule has 0 saturated carbocycles. The van der Waals surface area contributed by atoms with Crippen molar-refractivity contribution in [3.8, 4) is 0 Å². The minimum absolute atomic E-state index is 0.00632. The summed E-state index contributed by atoms with van der Waals surface area (Å²) in [5.41, 5.74) is 4.84. The zero-order valence-electron chi connectivity index (χ0n) is 16.6. The lowest BCUT2D eigenvalue weighted by Crippen LogP contribution is -2.33. The lowest BCUT2D eigenvalue weighted by molar-refractivity contribution is 0.0277. The number of halogens is 1. The number of nitrogens with one attached hydrogen (secondary N) is 4. The van der Waals surface area contributed by atoms with Gasteiger partial charge in [-0.1, -0.05) is 12.1 Å². The smallest absolute Gasteiger partial charge is 0.265 e. The Hall–Kier alpha value is -3.60. The lowest BCUT2D eigenvalue weighted by atomic mass is 10.1. The molecule has 6 N–H and O–H groups in total. The highest BCUT2D eigenvalue weighted by atomic mass is 19.1. The van der Waals surface area contributed by atoms with Crippen LogP contribution in [0.3, 0.4) is 0 Å². The molecule has 1 aliphatic heterocycles. The van der Waals surface area contributed by atoms with Crippen LogP contribution in [0.5, 0.6) is 0 Å². The Kier molecular flexibility index (Phi) is 6.32. The minimum Gasteiger partial charge on any atom is -0.371 e. The summed E-state index contributed by atoms with van der Waals surface area (Å²) in [6, 6.07) is 14.1. The predicted molar refractivity (Wildman–Crippen MR) is 115 cm³/mol. The molecular weight excluding hydrogens is 401 g/mol. The van der Waals surface area contributed by atoms with Crippen LogP contribution in [0, 0.1) is 5.82 Å². The van der Waals surface area contributed by atoms with Gasteiger partial charge in [-0.05, 0) is 42.0 Å². The highest BCUT2D eigenvalue weighted by Crippen LogP contribution is 2.23. The molecule has 0 bridgehead atoms. The molecule has 2 aromatic carbocycles. The molecule has 1 fully saturated rings. The third-order valence-electron chi connectivity index (χ3n) is 4.75. The Bertz CT molecular complexity index is 1040. The van der Waals surface area contributed by atoms with Gasteiger partial charge in [0, 0.05) is 30.0 Å². The van der Waals surface area contributed by atoms with Crippen LogP contribution >= 0.6 is 0 Å². The number of hydrogen-bond donors (Lipinski definition) is 5. The van der Waals surface area contributed by atoms with Gasteiger partial charge < -0.3 is 20.7 Å². The average molecular weight is 423 g/mol. The number of anilines is 4. The molecule has 1 saturated heterocycles. The van der Waals surface area contributed by atoms with Gasteiger partial charge in [0.15, 0.2) is 11.6 Å². The molecule has 31 heavy (non-hydrogen) atoms. The van der Waals surface area contributed by atoms with Crippen molar-refractivity contribution < 1.29 is 13.9 Å². The fraction of sp³-hybridized carbons (Fsp3) is 0.190. The monoisotopic (exact) mass is 423 g/mol. The predicted octanol–water partition coefficient (Wildman–Crippen LogP) is 2.37. The molecule has 1 amide bonds. The molecule has 160 valence electrons. The summed E-state index contributed by atoms with van der Waals surface area (Å²) in [4.78, 5) is 19.7. The molecule has 9 nitrogen and oxygen atoms in total. The van der Waals surface area contributed by atoms with E-state index >= 15 is 0 Å². The van der Waals surface area contributed by atoms with Gasteiger partial charge >= 0.3 is 0 Å². The minimum atomic E-state index is -0.605. The van der Waals surface area contributed by atoms with Crippen molar-refractivity contribution in [3.63, 3.8) is 0 Å². The number of benzene rings is 2. The first-order valence-corrected chi connectivity index (χ1v) is 9.72. The Morgan fingerprint density at radius 3 is 2.48 bits per heavy atom. The maximum absolute atomic E-state index is 14.2. The number of amides is 1. The summed E-state index contributed by atoms with van der Waals surface area (Å²) in [7, 11) is 0. The van der Waals surface area contributed by atoms with E-state index in [0.29, 0.717) is 17.9 Å². The molecule has 10 heteroatoms. The van der Waals surface area contributed by atoms with E-state index in [1.165, 1.54) is 0 Å². The maximum Gasteiger partial charge on any atom is 0.265 e. The Morgan fingerprint density at radius 2 is 1.81 bits per heavy atom. The van der Waals surface area contributed by atoms with E-state index in [2.05, 4.69) is 31.3 Å². The summed E-state index contributed by atoms with van der Waals surface area (Å²) in [5, 5.41) is 9.25. The number of nitrogens with zero attached hydrogens (tertiary/aromatic N) is 2. The van der Waals surface area contributed by atoms with Crippen molar-refractivity contribution in [3.05, 3.63) is 71.7 Å². The third kappa shape index (κ3) is 5.12. The number of hydrogen-bond acceptors (Lipinski definition) is 8. The van der Waals surface area contributed by atoms with E-state index in [1.807, 2.05) is 24.3 Å². The van der Waals surface area contributed by atoms with Gasteiger partial charge in [0.05, 0.1) is 18.9 Å². The number of carbonyl (C=O) groups is 1. The highest BCUT2D eigenvalue weighted by Gasteiger charge is 2.15. The van der Waals surface area contributed by atoms with Crippen LogP contribution in [-0.4, -0.2) is 35.6 Å². The Labute approximate surface area is 178 Å². The van der Waals surface area contributed by atoms with Gasteiger partial charge in [-0.15, -0.1) is 0 Å². The number of carbonyl (C=O) groups excluding carboxylic acids is 1. The first-order chi connectivity index (χ1) is 15.1. The molecule has 1 aliphatic rings. The number of hydrazine groups is 1. The van der Waals surface area contributed by atoms with Crippen LogP contribution in [0.2, 0.25) is 0 Å². The van der Waals surface area contributed by atoms with Gasteiger partial charge in [-0.2, -0.15) is 4.98 Å². The van der Waals surface area contributed by atoms with Gasteiger partial charge in [0.25, 0.3) is 5.91 Å². The van der Waals surface area contributed by atoms with E-state index in [1.54, 1.807) is 24.3 Å². The second-order valence-electron chi connectivity index (χ2n) is 6.88. The largest absolute Gasteiger partial charge is 0.371 e. The van der Waals surface area contributed by atoms with Gasteiger partial charge in [-0.25, -0.2) is 15.2 Å². The molecule has 0 radical (unpaired) electrons. The summed E-state index contributed by atoms with van der Waals surface area (Å²) < 4.78 is 19.9. The maximum atomic E-state index is 14.2. The molecule has 1 atom stereocenters. The van der Waals surface area contributed by atoms with Crippen LogP contribution in [-0.2, 0) is 4.74 Å². The number of ether oxygens (including phenoxy) is 1. The zero-order chi connectivity index (χ0) is 21.6. The fourth-order valence-corrected chi connectivity index (χ4v) is 3.13. The van der Waals surface area contributed by atoms with Crippen LogP contribution in [0.15, 0.2) is 54.7 Å². The van der Waals surface area contributed by atoms with Gasteiger partial charge in [-0.3, -0.25) is 10.2 Å². The summed E-state index contributed by atoms with van der Waals surface area (Å²) in [5.74, 6) is 4.34. The molecule has 0 spiro atoms. The topological polar surface area (TPSA) is 126 Å². The first kappa shape index (κ1) is 20.7. The zero-order valence-corrected chi connectivity index (χ0v) is 16.6. The Balaban J connectivity index is 1.44. The number of morpholine rings is 1. The summed E-state index contributed by atoms with van der Waals surface area (Å²) in [6.07, 6.45) is 1.12. The summed E-state index contributed by atoms with van der Waals surface area (Å²) >= 11 is 0. The molecule has 0 aliphatic carbocycles. The standard InChI is InChI=1S/C21H22FN7O2/c22-17-11-25-21(27-16-5-1-13(2-6-16)18-12-24-9-10-31-18)28-19(17)26-15-7-3-14(4-8-15)20(30)29-23/h1-8,11,18,24H,9-10,12,23H2,(H,29,30)(H2,25,26,27,28). The summed E-state index contributed by atoms with van der Waals surface area (Å²) in [6.45, 7) is 2.33. The van der Waals surface area contributed by atoms with E-state index in [9.17, 15) is 9.18 Å². The fourth-order valence-electron chi connectivity index (χ4n) is 3.13. The van der Waals surface area contributed by atoms with Crippen molar-refractivity contribution in [2.75, 3.05) is 30.3 Å². The van der Waals surface area contributed by atoms with Crippen LogP contribution < -0.4 is 27.2 Å². The molecule has 4 rings (SSSR count). The van der Waals surface area contributed by atoms with Crippen LogP contribution in [0.4, 0.5) is 27.5 Å². The number of nitrogens with two attached hydrogens (primary N) is 1. The highest BCUT2D eigenvalue weighted by molar-refractivity contribution is 5.94. The van der Waals surface area contributed by atoms with E-state index in [4.69, 9.17) is 10.6 Å². The first-order valence-electron chi connectivity index (χ1n) is 9.72. The number of aromatic nitrogens is 2. The second kappa shape index (κ2) is 9.47.